The molecule has 1 atom stereocenters. The number of pyridine rings is 3. The highest BCUT2D eigenvalue weighted by molar-refractivity contribution is 6.31. The van der Waals surface area contributed by atoms with Crippen LogP contribution >= 0.6 is 11.6 Å². The number of nitrogens with zero attached hydrogens (tertiary/aromatic N) is 4. The number of hydrogen-bond donors (Lipinski definition) is 1. The van der Waals surface area contributed by atoms with E-state index in [1.54, 1.807) is 19.2 Å². The van der Waals surface area contributed by atoms with Crippen LogP contribution in [0, 0.1) is 25.5 Å². The third-order valence-electron chi connectivity index (χ3n) is 7.26. The van der Waals surface area contributed by atoms with E-state index in [2.05, 4.69) is 14.9 Å². The molecule has 0 bridgehead atoms. The van der Waals surface area contributed by atoms with Gasteiger partial charge in [0.1, 0.15) is 41.2 Å². The molecule has 1 fully saturated rings. The van der Waals surface area contributed by atoms with E-state index >= 15 is 0 Å². The zero-order valence-corrected chi connectivity index (χ0v) is 22.5. The van der Waals surface area contributed by atoms with E-state index in [1.807, 2.05) is 31.2 Å². The zero-order valence-electron chi connectivity index (χ0n) is 21.7. The first kappa shape index (κ1) is 26.4. The maximum atomic E-state index is 14.0. The number of aliphatic hydroxyl groups excluding tert-OH is 1. The van der Waals surface area contributed by atoms with Gasteiger partial charge in [-0.2, -0.15) is 0 Å². The van der Waals surface area contributed by atoms with Crippen molar-refractivity contribution < 1.29 is 23.4 Å². The van der Waals surface area contributed by atoms with E-state index in [9.17, 15) is 18.7 Å². The van der Waals surface area contributed by atoms with Gasteiger partial charge in [0, 0.05) is 48.2 Å². The van der Waals surface area contributed by atoms with Crippen molar-refractivity contribution in [1.29, 1.82) is 0 Å². The SMILES string of the molecule is Cc1cnc(-c2cccc3c2OCC3N2CC(O)C2)cc1-n1c(C)cc(OCc2ncc(F)cc2F)c(Cl)c1=O. The fourth-order valence-electron chi connectivity index (χ4n) is 5.16. The van der Waals surface area contributed by atoms with Crippen molar-refractivity contribution in [3.63, 3.8) is 0 Å². The second kappa shape index (κ2) is 10.3. The van der Waals surface area contributed by atoms with Crippen LogP contribution < -0.4 is 15.0 Å². The number of fused-ring (bicyclic) bond motifs is 1. The second-order valence-electron chi connectivity index (χ2n) is 9.99. The van der Waals surface area contributed by atoms with E-state index < -0.39 is 17.2 Å². The van der Waals surface area contributed by atoms with Crippen molar-refractivity contribution in [2.45, 2.75) is 32.6 Å². The van der Waals surface area contributed by atoms with Crippen LogP contribution in [-0.4, -0.2) is 50.3 Å². The Balaban J connectivity index is 1.33. The number of rotatable bonds is 6. The van der Waals surface area contributed by atoms with Gasteiger partial charge in [0.25, 0.3) is 5.56 Å². The van der Waals surface area contributed by atoms with Gasteiger partial charge in [-0.15, -0.1) is 0 Å². The average Bonchev–Trinajstić information content (AvgIpc) is 3.34. The largest absolute Gasteiger partial charge is 0.491 e. The Hall–Kier alpha value is -3.86. The number of benzene rings is 1. The molecule has 6 rings (SSSR count). The Kier molecular flexibility index (Phi) is 6.77. The third kappa shape index (κ3) is 4.61. The van der Waals surface area contributed by atoms with Gasteiger partial charge in [-0.25, -0.2) is 8.78 Å². The van der Waals surface area contributed by atoms with Crippen LogP contribution in [0.5, 0.6) is 11.5 Å². The number of β-amino-alcohol motifs (C(OH)–C–C–N with tert-alkyl or cyclic N) is 1. The van der Waals surface area contributed by atoms with Gasteiger partial charge in [-0.3, -0.25) is 24.2 Å². The third-order valence-corrected chi connectivity index (χ3v) is 7.61. The molecule has 1 N–H and O–H groups in total. The number of halogens is 3. The normalized spacial score (nSPS) is 16.9. The minimum Gasteiger partial charge on any atom is -0.491 e. The lowest BCUT2D eigenvalue weighted by molar-refractivity contribution is -0.0293. The van der Waals surface area contributed by atoms with Crippen molar-refractivity contribution >= 4 is 11.6 Å². The van der Waals surface area contributed by atoms with Gasteiger partial charge in [0.05, 0.1) is 29.7 Å². The molecule has 0 spiro atoms. The van der Waals surface area contributed by atoms with Crippen LogP contribution in [0.25, 0.3) is 16.9 Å². The molecule has 5 heterocycles. The van der Waals surface area contributed by atoms with Crippen LogP contribution in [0.4, 0.5) is 8.78 Å². The van der Waals surface area contributed by atoms with E-state index in [0.717, 1.165) is 28.6 Å². The Morgan fingerprint density at radius 1 is 1.15 bits per heavy atom. The standard InChI is InChI=1S/C29H25ClF2N4O4/c1-15-9-33-22(19-4-3-5-20-25(14-40-28(19)20)35-11-18(37)12-35)8-24(15)36-16(2)6-26(27(30)29(36)38)39-13-23-21(32)7-17(31)10-34-23/h3-10,18,25,37H,11-14H2,1-2H3. The number of aryl methyl sites for hydroxylation is 2. The molecule has 0 saturated carbocycles. The molecular formula is C29H25ClF2N4O4. The topological polar surface area (TPSA) is 89.7 Å². The molecule has 1 aromatic carbocycles. The van der Waals surface area contributed by atoms with Crippen molar-refractivity contribution in [2.75, 3.05) is 19.7 Å². The molecule has 40 heavy (non-hydrogen) atoms. The molecule has 8 nitrogen and oxygen atoms in total. The quantitative estimate of drug-likeness (QED) is 0.367. The Labute approximate surface area is 233 Å². The minimum absolute atomic E-state index is 0.0642. The lowest BCUT2D eigenvalue weighted by Crippen LogP contribution is -2.52. The second-order valence-corrected chi connectivity index (χ2v) is 10.4. The Morgan fingerprint density at radius 3 is 2.70 bits per heavy atom. The predicted molar refractivity (Wildman–Crippen MR) is 144 cm³/mol. The highest BCUT2D eigenvalue weighted by Crippen LogP contribution is 2.44. The van der Waals surface area contributed by atoms with Gasteiger partial charge in [-0.1, -0.05) is 23.7 Å². The summed E-state index contributed by atoms with van der Waals surface area (Å²) in [6.45, 7) is 4.96. The number of aliphatic hydroxyl groups is 1. The average molecular weight is 567 g/mol. The summed E-state index contributed by atoms with van der Waals surface area (Å²) in [5.41, 5.74) is 3.70. The number of aromatic nitrogens is 3. The molecule has 0 aliphatic carbocycles. The molecule has 2 aliphatic rings. The smallest absolute Gasteiger partial charge is 0.277 e. The zero-order chi connectivity index (χ0) is 28.1. The summed E-state index contributed by atoms with van der Waals surface area (Å²) in [5.74, 6) is -0.850. The highest BCUT2D eigenvalue weighted by Gasteiger charge is 2.37. The summed E-state index contributed by atoms with van der Waals surface area (Å²) in [5, 5.41) is 9.55. The first-order valence-electron chi connectivity index (χ1n) is 12.7. The number of ether oxygens (including phenoxy) is 2. The van der Waals surface area contributed by atoms with Crippen molar-refractivity contribution in [2.24, 2.45) is 0 Å². The van der Waals surface area contributed by atoms with Gasteiger partial charge in [0.15, 0.2) is 5.82 Å². The molecular weight excluding hydrogens is 542 g/mol. The maximum absolute atomic E-state index is 14.0. The van der Waals surface area contributed by atoms with Crippen LogP contribution in [0.2, 0.25) is 5.02 Å². The lowest BCUT2D eigenvalue weighted by Gasteiger charge is -2.39. The minimum atomic E-state index is -0.855. The molecule has 0 amide bonds. The molecule has 206 valence electrons. The van der Waals surface area contributed by atoms with Crippen LogP contribution in [0.1, 0.15) is 28.6 Å². The van der Waals surface area contributed by atoms with Gasteiger partial charge in [-0.05, 0) is 31.5 Å². The molecule has 3 aromatic heterocycles. The highest BCUT2D eigenvalue weighted by atomic mass is 35.5. The molecule has 11 heteroatoms. The van der Waals surface area contributed by atoms with Crippen LogP contribution in [-0.2, 0) is 6.61 Å². The summed E-state index contributed by atoms with van der Waals surface area (Å²) in [4.78, 5) is 24.0. The van der Waals surface area contributed by atoms with E-state index in [1.165, 1.54) is 4.57 Å². The molecule has 4 aromatic rings. The van der Waals surface area contributed by atoms with Crippen molar-refractivity contribution in [1.82, 2.24) is 19.4 Å². The fourth-order valence-corrected chi connectivity index (χ4v) is 5.35. The molecule has 1 unspecified atom stereocenters. The summed E-state index contributed by atoms with van der Waals surface area (Å²) in [6.07, 6.45) is 2.27. The maximum Gasteiger partial charge on any atom is 0.277 e. The summed E-state index contributed by atoms with van der Waals surface area (Å²) in [6, 6.07) is 10.1. The Bertz CT molecular complexity index is 1690. The molecule has 2 aliphatic heterocycles. The summed E-state index contributed by atoms with van der Waals surface area (Å²) < 4.78 is 40.3. The monoisotopic (exact) mass is 566 g/mol. The lowest BCUT2D eigenvalue weighted by atomic mass is 9.98. The molecule has 0 radical (unpaired) electrons. The first-order valence-corrected chi connectivity index (χ1v) is 13.1. The van der Waals surface area contributed by atoms with E-state index in [0.29, 0.717) is 42.8 Å². The van der Waals surface area contributed by atoms with E-state index in [4.69, 9.17) is 21.1 Å². The van der Waals surface area contributed by atoms with Crippen LogP contribution in [0.15, 0.2) is 53.6 Å². The predicted octanol–water partition coefficient (Wildman–Crippen LogP) is 4.53. The summed E-state index contributed by atoms with van der Waals surface area (Å²) >= 11 is 6.42. The fraction of sp³-hybridized carbons (Fsp3) is 0.276. The number of para-hydroxylation sites is 1. The number of likely N-dealkylation sites (tertiary alicyclic amines) is 1. The number of hydrogen-bond acceptors (Lipinski definition) is 7. The summed E-state index contributed by atoms with van der Waals surface area (Å²) in [7, 11) is 0. The van der Waals surface area contributed by atoms with Gasteiger partial charge < -0.3 is 14.6 Å². The van der Waals surface area contributed by atoms with Crippen LogP contribution in [0.3, 0.4) is 0 Å². The first-order chi connectivity index (χ1) is 19.2. The van der Waals surface area contributed by atoms with Gasteiger partial charge >= 0.3 is 0 Å². The van der Waals surface area contributed by atoms with E-state index in [-0.39, 0.29) is 35.2 Å². The van der Waals surface area contributed by atoms with Crippen molar-refractivity contribution in [3.8, 4) is 28.4 Å². The molecule has 1 saturated heterocycles. The van der Waals surface area contributed by atoms with Gasteiger partial charge in [0.2, 0.25) is 0 Å². The van der Waals surface area contributed by atoms with Crippen molar-refractivity contribution in [3.05, 3.63) is 98.3 Å². The Morgan fingerprint density at radius 2 is 1.95 bits per heavy atom.